The number of methoxy groups -OCH3 is 1. The molecule has 0 fully saturated rings. The Morgan fingerprint density at radius 3 is 2.62 bits per heavy atom. The first kappa shape index (κ1) is 13.1. The lowest BCUT2D eigenvalue weighted by molar-refractivity contribution is 0.183. The van der Waals surface area contributed by atoms with E-state index in [0.29, 0.717) is 13.2 Å². The quantitative estimate of drug-likeness (QED) is 0.751. The molecule has 92 valence electrons. The molecular weight excluding hydrogens is 204 g/mol. The van der Waals surface area contributed by atoms with Crippen LogP contribution in [0.2, 0.25) is 0 Å². The molecular formula is C11H22N4O. The molecule has 1 rings (SSSR count). The smallest absolute Gasteiger partial charge is 0.140 e. The van der Waals surface area contributed by atoms with Crippen molar-refractivity contribution in [3.63, 3.8) is 0 Å². The maximum Gasteiger partial charge on any atom is 0.140 e. The highest BCUT2D eigenvalue weighted by atomic mass is 16.5. The minimum absolute atomic E-state index is 0.0513. The highest BCUT2D eigenvalue weighted by Gasteiger charge is 2.31. The van der Waals surface area contributed by atoms with Crippen molar-refractivity contribution >= 4 is 0 Å². The third-order valence-corrected chi connectivity index (χ3v) is 3.37. The summed E-state index contributed by atoms with van der Waals surface area (Å²) in [4.78, 5) is 0. The van der Waals surface area contributed by atoms with E-state index in [1.54, 1.807) is 13.4 Å². The number of hydrogen-bond acceptors (Lipinski definition) is 4. The van der Waals surface area contributed by atoms with Gasteiger partial charge in [0, 0.05) is 25.6 Å². The van der Waals surface area contributed by atoms with E-state index < -0.39 is 0 Å². The summed E-state index contributed by atoms with van der Waals surface area (Å²) in [7, 11) is 1.69. The van der Waals surface area contributed by atoms with E-state index >= 15 is 0 Å². The molecule has 1 heterocycles. The first-order valence-electron chi connectivity index (χ1n) is 5.81. The van der Waals surface area contributed by atoms with Crippen LogP contribution in [0.15, 0.2) is 6.33 Å². The molecule has 2 N–H and O–H groups in total. The van der Waals surface area contributed by atoms with Gasteiger partial charge in [-0.15, -0.1) is 10.2 Å². The molecule has 0 aromatic carbocycles. The van der Waals surface area contributed by atoms with Gasteiger partial charge in [0.05, 0.1) is 6.61 Å². The fourth-order valence-electron chi connectivity index (χ4n) is 1.97. The second-order valence-electron chi connectivity index (χ2n) is 4.03. The monoisotopic (exact) mass is 226 g/mol. The summed E-state index contributed by atoms with van der Waals surface area (Å²) >= 11 is 0. The number of aromatic nitrogens is 3. The second kappa shape index (κ2) is 5.96. The normalized spacial score (nSPS) is 12.0. The molecule has 1 aromatic heterocycles. The molecule has 0 saturated carbocycles. The predicted octanol–water partition coefficient (Wildman–Crippen LogP) is 0.941. The van der Waals surface area contributed by atoms with E-state index in [0.717, 1.165) is 25.2 Å². The molecule has 0 unspecified atom stereocenters. The third kappa shape index (κ3) is 2.41. The number of nitrogens with zero attached hydrogens (tertiary/aromatic N) is 3. The van der Waals surface area contributed by atoms with Crippen LogP contribution in [-0.4, -0.2) is 35.0 Å². The fraction of sp³-hybridized carbons (Fsp3) is 0.818. The van der Waals surface area contributed by atoms with Crippen molar-refractivity contribution in [3.8, 4) is 0 Å². The molecule has 1 aromatic rings. The van der Waals surface area contributed by atoms with Crippen molar-refractivity contribution in [2.24, 2.45) is 5.73 Å². The Morgan fingerprint density at radius 2 is 2.12 bits per heavy atom. The van der Waals surface area contributed by atoms with E-state index in [4.69, 9.17) is 10.5 Å². The lowest BCUT2D eigenvalue weighted by Crippen LogP contribution is -2.37. The van der Waals surface area contributed by atoms with Crippen LogP contribution in [0, 0.1) is 0 Å². The first-order valence-corrected chi connectivity index (χ1v) is 5.81. The molecule has 0 aliphatic carbocycles. The van der Waals surface area contributed by atoms with Crippen LogP contribution in [0.25, 0.3) is 0 Å². The van der Waals surface area contributed by atoms with Crippen LogP contribution < -0.4 is 5.73 Å². The topological polar surface area (TPSA) is 66.0 Å². The van der Waals surface area contributed by atoms with Crippen molar-refractivity contribution < 1.29 is 4.74 Å². The minimum atomic E-state index is -0.0513. The first-order chi connectivity index (χ1) is 7.74. The lowest BCUT2D eigenvalue weighted by Gasteiger charge is -2.29. The average molecular weight is 226 g/mol. The van der Waals surface area contributed by atoms with Gasteiger partial charge < -0.3 is 15.0 Å². The van der Waals surface area contributed by atoms with Gasteiger partial charge in [-0.3, -0.25) is 0 Å². The van der Waals surface area contributed by atoms with Gasteiger partial charge in [0.1, 0.15) is 12.2 Å². The molecule has 0 aliphatic rings. The molecule has 0 saturated heterocycles. The Balaban J connectivity index is 2.95. The van der Waals surface area contributed by atoms with E-state index in [2.05, 4.69) is 24.0 Å². The van der Waals surface area contributed by atoms with Crippen molar-refractivity contribution in [1.82, 2.24) is 14.8 Å². The largest absolute Gasteiger partial charge is 0.383 e. The SMILES string of the molecule is CCC(CC)(CN)c1nncn1CCOC. The van der Waals surface area contributed by atoms with E-state index in [1.807, 2.05) is 4.57 Å². The van der Waals surface area contributed by atoms with Crippen LogP contribution in [0.1, 0.15) is 32.5 Å². The van der Waals surface area contributed by atoms with Gasteiger partial charge in [0.2, 0.25) is 0 Å². The van der Waals surface area contributed by atoms with Crippen molar-refractivity contribution in [2.45, 2.75) is 38.6 Å². The van der Waals surface area contributed by atoms with E-state index in [1.165, 1.54) is 0 Å². The maximum atomic E-state index is 5.91. The summed E-state index contributed by atoms with van der Waals surface area (Å²) in [5, 5.41) is 8.22. The Kier molecular flexibility index (Phi) is 4.89. The molecule has 0 amide bonds. The zero-order chi connectivity index (χ0) is 12.0. The lowest BCUT2D eigenvalue weighted by atomic mass is 9.81. The number of ether oxygens (including phenoxy) is 1. The third-order valence-electron chi connectivity index (χ3n) is 3.37. The molecule has 0 spiro atoms. The van der Waals surface area contributed by atoms with Gasteiger partial charge in [0.15, 0.2) is 0 Å². The predicted molar refractivity (Wildman–Crippen MR) is 63.2 cm³/mol. The standard InChI is InChI=1S/C11H22N4O/c1-4-11(5-2,8-12)10-14-13-9-15(10)6-7-16-3/h9H,4-8,12H2,1-3H3. The van der Waals surface area contributed by atoms with Gasteiger partial charge in [-0.1, -0.05) is 13.8 Å². The summed E-state index contributed by atoms with van der Waals surface area (Å²) in [6.07, 6.45) is 3.71. The summed E-state index contributed by atoms with van der Waals surface area (Å²) in [6, 6.07) is 0. The highest BCUT2D eigenvalue weighted by molar-refractivity contribution is 5.08. The molecule has 5 heteroatoms. The zero-order valence-corrected chi connectivity index (χ0v) is 10.4. The molecule has 5 nitrogen and oxygen atoms in total. The summed E-state index contributed by atoms with van der Waals surface area (Å²) < 4.78 is 7.12. The van der Waals surface area contributed by atoms with Gasteiger partial charge in [-0.05, 0) is 12.8 Å². The van der Waals surface area contributed by atoms with Crippen LogP contribution in [0.5, 0.6) is 0 Å². The Labute approximate surface area is 97.0 Å². The Bertz CT molecular complexity index is 298. The minimum Gasteiger partial charge on any atom is -0.383 e. The summed E-state index contributed by atoms with van der Waals surface area (Å²) in [5.74, 6) is 0.983. The van der Waals surface area contributed by atoms with E-state index in [9.17, 15) is 0 Å². The number of nitrogens with two attached hydrogens (primary N) is 1. The van der Waals surface area contributed by atoms with Gasteiger partial charge in [0.25, 0.3) is 0 Å². The average Bonchev–Trinajstić information content (AvgIpc) is 2.79. The van der Waals surface area contributed by atoms with Gasteiger partial charge in [-0.2, -0.15) is 0 Å². The van der Waals surface area contributed by atoms with Gasteiger partial charge in [-0.25, -0.2) is 0 Å². The fourth-order valence-corrected chi connectivity index (χ4v) is 1.97. The molecule has 16 heavy (non-hydrogen) atoms. The second-order valence-corrected chi connectivity index (χ2v) is 4.03. The Hall–Kier alpha value is -0.940. The Morgan fingerprint density at radius 1 is 1.44 bits per heavy atom. The summed E-state index contributed by atoms with van der Waals surface area (Å²) in [6.45, 7) is 6.34. The summed E-state index contributed by atoms with van der Waals surface area (Å²) in [5.41, 5.74) is 5.85. The van der Waals surface area contributed by atoms with E-state index in [-0.39, 0.29) is 5.41 Å². The number of rotatable bonds is 7. The van der Waals surface area contributed by atoms with Crippen molar-refractivity contribution in [2.75, 3.05) is 20.3 Å². The molecule has 0 atom stereocenters. The molecule has 0 aliphatic heterocycles. The number of hydrogen-bond donors (Lipinski definition) is 1. The van der Waals surface area contributed by atoms with Crippen molar-refractivity contribution in [3.05, 3.63) is 12.2 Å². The molecule has 0 bridgehead atoms. The van der Waals surface area contributed by atoms with Crippen LogP contribution in [0.3, 0.4) is 0 Å². The highest BCUT2D eigenvalue weighted by Crippen LogP contribution is 2.28. The van der Waals surface area contributed by atoms with Gasteiger partial charge >= 0.3 is 0 Å². The van der Waals surface area contributed by atoms with Crippen LogP contribution >= 0.6 is 0 Å². The van der Waals surface area contributed by atoms with Crippen LogP contribution in [-0.2, 0) is 16.7 Å². The van der Waals surface area contributed by atoms with Crippen LogP contribution in [0.4, 0.5) is 0 Å². The molecule has 0 radical (unpaired) electrons. The van der Waals surface area contributed by atoms with Crippen molar-refractivity contribution in [1.29, 1.82) is 0 Å². The zero-order valence-electron chi connectivity index (χ0n) is 10.4. The maximum absolute atomic E-state index is 5.91.